The maximum atomic E-state index is 11.1. The van der Waals surface area contributed by atoms with Gasteiger partial charge in [-0.05, 0) is 78.5 Å². The van der Waals surface area contributed by atoms with Crippen molar-refractivity contribution in [2.45, 2.75) is 56.0 Å². The number of hydrogen-bond acceptors (Lipinski definition) is 3. The zero-order chi connectivity index (χ0) is 20.6. The summed E-state index contributed by atoms with van der Waals surface area (Å²) in [5, 5.41) is 12.6. The molecule has 0 spiro atoms. The second kappa shape index (κ2) is 7.68. The number of benzene rings is 2. The zero-order valence-electron chi connectivity index (χ0n) is 17.3. The van der Waals surface area contributed by atoms with E-state index in [0.29, 0.717) is 5.41 Å². The molecule has 4 saturated carbocycles. The lowest BCUT2D eigenvalue weighted by atomic mass is 9.45. The fourth-order valence-corrected chi connectivity index (χ4v) is 6.84. The highest BCUT2D eigenvalue weighted by Crippen LogP contribution is 2.62. The van der Waals surface area contributed by atoms with Gasteiger partial charge in [0, 0.05) is 18.2 Å². The molecule has 4 aliphatic rings. The van der Waals surface area contributed by atoms with Crippen molar-refractivity contribution in [3.05, 3.63) is 77.4 Å². The van der Waals surface area contributed by atoms with Crippen LogP contribution in [0.4, 0.5) is 0 Å². The van der Waals surface area contributed by atoms with Gasteiger partial charge < -0.3 is 5.32 Å². The van der Waals surface area contributed by atoms with E-state index >= 15 is 0 Å². The van der Waals surface area contributed by atoms with E-state index in [4.69, 9.17) is 5.21 Å². The zero-order valence-corrected chi connectivity index (χ0v) is 17.3. The third-order valence-electron chi connectivity index (χ3n) is 7.63. The van der Waals surface area contributed by atoms with Crippen LogP contribution < -0.4 is 10.8 Å². The molecule has 3 N–H and O–H groups in total. The van der Waals surface area contributed by atoms with Crippen LogP contribution in [0.25, 0.3) is 6.08 Å². The van der Waals surface area contributed by atoms with Crippen LogP contribution in [0.15, 0.2) is 60.7 Å². The van der Waals surface area contributed by atoms with Gasteiger partial charge in [-0.1, -0.05) is 54.6 Å². The molecule has 2 unspecified atom stereocenters. The molecule has 4 fully saturated rings. The van der Waals surface area contributed by atoms with Gasteiger partial charge in [-0.15, -0.1) is 0 Å². The second-order valence-electron chi connectivity index (χ2n) is 9.79. The summed E-state index contributed by atoms with van der Waals surface area (Å²) in [5.74, 6) is 1.18. The number of hydrogen-bond donors (Lipinski definition) is 3. The first kappa shape index (κ1) is 19.5. The second-order valence-corrected chi connectivity index (χ2v) is 9.79. The van der Waals surface area contributed by atoms with Crippen molar-refractivity contribution < 1.29 is 10.0 Å². The predicted octanol–water partition coefficient (Wildman–Crippen LogP) is 4.59. The van der Waals surface area contributed by atoms with Gasteiger partial charge in [-0.3, -0.25) is 10.0 Å². The van der Waals surface area contributed by atoms with Crippen LogP contribution in [0.3, 0.4) is 0 Å². The Kier molecular flexibility index (Phi) is 5.00. The molecule has 2 aromatic rings. The summed E-state index contributed by atoms with van der Waals surface area (Å²) in [7, 11) is 0. The SMILES string of the molecule is O=C(/C=C/c1ccc(CNC23C[C@H]4C[C@@H](C2)CC(c2ccccc2)(C4)C3)cc1)NO. The topological polar surface area (TPSA) is 61.4 Å². The molecule has 4 nitrogen and oxygen atoms in total. The Morgan fingerprint density at radius 3 is 2.37 bits per heavy atom. The van der Waals surface area contributed by atoms with E-state index in [-0.39, 0.29) is 5.54 Å². The fourth-order valence-electron chi connectivity index (χ4n) is 6.84. The van der Waals surface area contributed by atoms with Crippen molar-refractivity contribution in [3.63, 3.8) is 0 Å². The van der Waals surface area contributed by atoms with Crippen LogP contribution in [-0.4, -0.2) is 16.7 Å². The average Bonchev–Trinajstić information content (AvgIpc) is 2.76. The Morgan fingerprint density at radius 1 is 1.00 bits per heavy atom. The number of rotatable bonds is 6. The molecule has 4 aliphatic carbocycles. The summed E-state index contributed by atoms with van der Waals surface area (Å²) >= 11 is 0. The Bertz CT molecular complexity index is 921. The summed E-state index contributed by atoms with van der Waals surface area (Å²) in [4.78, 5) is 11.1. The first-order valence-electron chi connectivity index (χ1n) is 11.1. The molecular weight excluding hydrogens is 372 g/mol. The van der Waals surface area contributed by atoms with Crippen LogP contribution in [0.1, 0.15) is 55.2 Å². The third-order valence-corrected chi connectivity index (χ3v) is 7.63. The molecule has 0 aromatic heterocycles. The summed E-state index contributed by atoms with van der Waals surface area (Å²) in [5.41, 5.74) is 5.99. The summed E-state index contributed by atoms with van der Waals surface area (Å²) in [6.07, 6.45) is 11.1. The summed E-state index contributed by atoms with van der Waals surface area (Å²) < 4.78 is 0. The molecule has 4 heteroatoms. The lowest BCUT2D eigenvalue weighted by Gasteiger charge is -2.62. The van der Waals surface area contributed by atoms with Crippen molar-refractivity contribution in [2.75, 3.05) is 0 Å². The van der Waals surface area contributed by atoms with Gasteiger partial charge in [-0.2, -0.15) is 0 Å². The lowest BCUT2D eigenvalue weighted by molar-refractivity contribution is -0.124. The summed E-state index contributed by atoms with van der Waals surface area (Å²) in [6, 6.07) is 19.5. The van der Waals surface area contributed by atoms with Crippen LogP contribution in [-0.2, 0) is 16.8 Å². The minimum absolute atomic E-state index is 0.262. The summed E-state index contributed by atoms with van der Waals surface area (Å²) in [6.45, 7) is 0.880. The molecule has 4 bridgehead atoms. The van der Waals surface area contributed by atoms with Crippen molar-refractivity contribution in [1.82, 2.24) is 10.8 Å². The van der Waals surface area contributed by atoms with Gasteiger partial charge in [0.2, 0.25) is 0 Å². The Morgan fingerprint density at radius 2 is 1.70 bits per heavy atom. The minimum Gasteiger partial charge on any atom is -0.307 e. The molecule has 0 radical (unpaired) electrons. The van der Waals surface area contributed by atoms with Gasteiger partial charge in [-0.25, -0.2) is 5.48 Å². The largest absolute Gasteiger partial charge is 0.307 e. The van der Waals surface area contributed by atoms with Gasteiger partial charge in [0.25, 0.3) is 5.91 Å². The molecule has 156 valence electrons. The fraction of sp³-hybridized carbons (Fsp3) is 0.423. The minimum atomic E-state index is -0.519. The van der Waals surface area contributed by atoms with E-state index < -0.39 is 5.91 Å². The average molecular weight is 403 g/mol. The molecular formula is C26H30N2O2. The van der Waals surface area contributed by atoms with Crippen LogP contribution in [0, 0.1) is 11.8 Å². The molecule has 6 rings (SSSR count). The monoisotopic (exact) mass is 402 g/mol. The van der Waals surface area contributed by atoms with Gasteiger partial charge in [0.05, 0.1) is 0 Å². The first-order valence-corrected chi connectivity index (χ1v) is 11.1. The van der Waals surface area contributed by atoms with Crippen LogP contribution >= 0.6 is 0 Å². The van der Waals surface area contributed by atoms with Crippen molar-refractivity contribution in [3.8, 4) is 0 Å². The first-order chi connectivity index (χ1) is 14.6. The Balaban J connectivity index is 1.29. The maximum absolute atomic E-state index is 11.1. The van der Waals surface area contributed by atoms with E-state index in [9.17, 15) is 4.79 Å². The maximum Gasteiger partial charge on any atom is 0.267 e. The quantitative estimate of drug-likeness (QED) is 0.376. The van der Waals surface area contributed by atoms with Crippen LogP contribution in [0.5, 0.6) is 0 Å². The molecule has 4 atom stereocenters. The van der Waals surface area contributed by atoms with E-state index in [1.165, 1.54) is 50.2 Å². The van der Waals surface area contributed by atoms with E-state index in [1.54, 1.807) is 17.1 Å². The van der Waals surface area contributed by atoms with Crippen LogP contribution in [0.2, 0.25) is 0 Å². The third kappa shape index (κ3) is 3.70. The van der Waals surface area contributed by atoms with Crippen molar-refractivity contribution >= 4 is 12.0 Å². The van der Waals surface area contributed by atoms with E-state index in [1.807, 2.05) is 12.1 Å². The molecule has 0 saturated heterocycles. The number of amides is 1. The number of carbonyl (C=O) groups excluding carboxylic acids is 1. The number of hydroxylamine groups is 1. The number of nitrogens with one attached hydrogen (secondary N) is 2. The molecule has 0 aliphatic heterocycles. The highest BCUT2D eigenvalue weighted by molar-refractivity contribution is 5.90. The van der Waals surface area contributed by atoms with Crippen molar-refractivity contribution in [1.29, 1.82) is 0 Å². The smallest absolute Gasteiger partial charge is 0.267 e. The molecule has 1 amide bonds. The van der Waals surface area contributed by atoms with E-state index in [0.717, 1.165) is 23.9 Å². The van der Waals surface area contributed by atoms with Gasteiger partial charge in [0.15, 0.2) is 0 Å². The van der Waals surface area contributed by atoms with E-state index in [2.05, 4.69) is 47.8 Å². The highest BCUT2D eigenvalue weighted by atomic mass is 16.5. The Labute approximate surface area is 178 Å². The molecule has 30 heavy (non-hydrogen) atoms. The number of carbonyl (C=O) groups is 1. The van der Waals surface area contributed by atoms with Gasteiger partial charge in [0.1, 0.15) is 0 Å². The normalized spacial score (nSPS) is 31.9. The highest BCUT2D eigenvalue weighted by Gasteiger charge is 2.57. The molecule has 0 heterocycles. The predicted molar refractivity (Wildman–Crippen MR) is 118 cm³/mol. The van der Waals surface area contributed by atoms with Gasteiger partial charge >= 0.3 is 0 Å². The molecule has 2 aromatic carbocycles. The van der Waals surface area contributed by atoms with Crippen molar-refractivity contribution in [2.24, 2.45) is 11.8 Å². The standard InChI is InChI=1S/C26H30N2O2/c29-24(28-30)11-10-19-6-8-20(9-7-19)17-27-26-15-21-12-22(16-26)14-25(13-21,18-26)23-4-2-1-3-5-23/h1-11,21-22,27,30H,12-18H2,(H,28,29)/b11-10+/t21-,22+,25?,26?. The Hall–Kier alpha value is -2.43. The lowest BCUT2D eigenvalue weighted by Crippen LogP contribution is -2.63.